The topological polar surface area (TPSA) is 44.4 Å². The van der Waals surface area contributed by atoms with Crippen molar-refractivity contribution in [2.24, 2.45) is 0 Å². The van der Waals surface area contributed by atoms with Crippen LogP contribution in [-0.2, 0) is 4.79 Å². The Morgan fingerprint density at radius 1 is 0.931 bits per heavy atom. The maximum atomic E-state index is 12.5. The van der Waals surface area contributed by atoms with Crippen LogP contribution in [0.5, 0.6) is 0 Å². The first-order valence-electron chi connectivity index (χ1n) is 10.3. The Bertz CT molecular complexity index is 888. The minimum absolute atomic E-state index is 0.0171. The molecule has 0 radical (unpaired) electrons. The van der Waals surface area contributed by atoms with Crippen LogP contribution in [0.15, 0.2) is 72.1 Å². The van der Waals surface area contributed by atoms with Crippen LogP contribution in [0.3, 0.4) is 0 Å². The van der Waals surface area contributed by atoms with Gasteiger partial charge in [-0.05, 0) is 60.5 Å². The fourth-order valence-corrected chi connectivity index (χ4v) is 4.62. The van der Waals surface area contributed by atoms with E-state index in [9.17, 15) is 4.79 Å². The van der Waals surface area contributed by atoms with Gasteiger partial charge in [0.05, 0.1) is 12.6 Å². The number of rotatable bonds is 7. The molecule has 4 rings (SSSR count). The Labute approximate surface area is 176 Å². The number of carbonyl (C=O) groups is 1. The van der Waals surface area contributed by atoms with Crippen molar-refractivity contribution in [3.05, 3.63) is 82.6 Å². The van der Waals surface area contributed by atoms with Gasteiger partial charge in [-0.3, -0.25) is 10.1 Å². The Hall–Kier alpha value is -2.63. The predicted octanol–water partition coefficient (Wildman–Crippen LogP) is 5.06. The standard InChI is InChI=1S/C24H27N3OS/c28-23(26-20-11-13-21(14-12-20)27-15-5-2-6-16-27)18-25-24(22-10-7-17-29-22)19-8-3-1-4-9-19/h1,3-4,7-14,17,24-25H,2,5-6,15-16,18H2,(H,26,28)/t24-/m1/s1. The van der Waals surface area contributed by atoms with Crippen LogP contribution in [0.4, 0.5) is 11.4 Å². The number of benzene rings is 2. The second-order valence-electron chi connectivity index (χ2n) is 7.38. The lowest BCUT2D eigenvalue weighted by Gasteiger charge is -2.28. The molecule has 1 saturated heterocycles. The maximum Gasteiger partial charge on any atom is 0.238 e. The molecule has 1 aliphatic heterocycles. The largest absolute Gasteiger partial charge is 0.372 e. The molecule has 150 valence electrons. The van der Waals surface area contributed by atoms with E-state index >= 15 is 0 Å². The molecular weight excluding hydrogens is 378 g/mol. The predicted molar refractivity (Wildman–Crippen MR) is 122 cm³/mol. The molecule has 0 unspecified atom stereocenters. The average Bonchev–Trinajstić information content (AvgIpc) is 3.30. The maximum absolute atomic E-state index is 12.5. The summed E-state index contributed by atoms with van der Waals surface area (Å²) in [7, 11) is 0. The Morgan fingerprint density at radius 3 is 2.38 bits per heavy atom. The molecule has 0 aliphatic carbocycles. The van der Waals surface area contributed by atoms with Gasteiger partial charge in [0.2, 0.25) is 5.91 Å². The second-order valence-corrected chi connectivity index (χ2v) is 8.36. The molecule has 2 heterocycles. The van der Waals surface area contributed by atoms with Gasteiger partial charge in [-0.15, -0.1) is 11.3 Å². The molecule has 0 saturated carbocycles. The summed E-state index contributed by atoms with van der Waals surface area (Å²) in [5, 5.41) is 8.49. The van der Waals surface area contributed by atoms with Crippen LogP contribution in [-0.4, -0.2) is 25.5 Å². The minimum Gasteiger partial charge on any atom is -0.372 e. The summed E-state index contributed by atoms with van der Waals surface area (Å²) in [6, 6.07) is 22.6. The number of anilines is 2. The summed E-state index contributed by atoms with van der Waals surface area (Å²) in [6.45, 7) is 2.50. The van der Waals surface area contributed by atoms with E-state index in [1.165, 1.54) is 29.8 Å². The van der Waals surface area contributed by atoms with Crippen LogP contribution < -0.4 is 15.5 Å². The van der Waals surface area contributed by atoms with Gasteiger partial charge in [0.1, 0.15) is 0 Å². The van der Waals surface area contributed by atoms with Crippen molar-refractivity contribution in [2.45, 2.75) is 25.3 Å². The molecule has 3 aromatic rings. The number of hydrogen-bond donors (Lipinski definition) is 2. The molecule has 0 bridgehead atoms. The van der Waals surface area contributed by atoms with E-state index < -0.39 is 0 Å². The highest BCUT2D eigenvalue weighted by molar-refractivity contribution is 7.10. The Balaban J connectivity index is 1.35. The van der Waals surface area contributed by atoms with Crippen molar-refractivity contribution in [3.8, 4) is 0 Å². The number of nitrogens with zero attached hydrogens (tertiary/aromatic N) is 1. The first-order chi connectivity index (χ1) is 14.3. The molecule has 1 fully saturated rings. The molecule has 0 spiro atoms. The summed E-state index contributed by atoms with van der Waals surface area (Å²) in [5.41, 5.74) is 3.24. The van der Waals surface area contributed by atoms with Crippen LogP contribution in [0, 0.1) is 0 Å². The lowest BCUT2D eigenvalue weighted by atomic mass is 10.1. The highest BCUT2D eigenvalue weighted by Gasteiger charge is 2.16. The first-order valence-corrected chi connectivity index (χ1v) is 11.1. The van der Waals surface area contributed by atoms with E-state index in [0.717, 1.165) is 24.3 Å². The van der Waals surface area contributed by atoms with Crippen molar-refractivity contribution >= 4 is 28.6 Å². The monoisotopic (exact) mass is 405 g/mol. The molecule has 2 aromatic carbocycles. The van der Waals surface area contributed by atoms with E-state index in [1.807, 2.05) is 36.4 Å². The number of nitrogens with one attached hydrogen (secondary N) is 2. The zero-order chi connectivity index (χ0) is 19.9. The van der Waals surface area contributed by atoms with Gasteiger partial charge < -0.3 is 10.2 Å². The smallest absolute Gasteiger partial charge is 0.238 e. The molecule has 2 N–H and O–H groups in total. The van der Waals surface area contributed by atoms with E-state index in [1.54, 1.807) is 11.3 Å². The van der Waals surface area contributed by atoms with E-state index in [0.29, 0.717) is 0 Å². The third kappa shape index (κ3) is 5.25. The summed E-state index contributed by atoms with van der Waals surface area (Å²) in [5.74, 6) is -0.0341. The van der Waals surface area contributed by atoms with E-state index in [4.69, 9.17) is 0 Å². The summed E-state index contributed by atoms with van der Waals surface area (Å²) < 4.78 is 0. The van der Waals surface area contributed by atoms with E-state index in [-0.39, 0.29) is 18.5 Å². The molecule has 1 aliphatic rings. The van der Waals surface area contributed by atoms with Crippen LogP contribution in [0.2, 0.25) is 0 Å². The number of carbonyl (C=O) groups excluding carboxylic acids is 1. The van der Waals surface area contributed by atoms with Crippen LogP contribution in [0.1, 0.15) is 35.7 Å². The highest BCUT2D eigenvalue weighted by atomic mass is 32.1. The molecule has 1 atom stereocenters. The van der Waals surface area contributed by atoms with Gasteiger partial charge in [0.25, 0.3) is 0 Å². The van der Waals surface area contributed by atoms with Crippen molar-refractivity contribution in [1.29, 1.82) is 0 Å². The second kappa shape index (κ2) is 9.72. The first kappa shape index (κ1) is 19.7. The zero-order valence-corrected chi connectivity index (χ0v) is 17.3. The van der Waals surface area contributed by atoms with Gasteiger partial charge in [0, 0.05) is 29.3 Å². The lowest BCUT2D eigenvalue weighted by Crippen LogP contribution is -2.31. The zero-order valence-electron chi connectivity index (χ0n) is 16.5. The molecule has 5 heteroatoms. The SMILES string of the molecule is O=C(CN[C@H](c1ccccc1)c1cccs1)Nc1ccc(N2CCCCC2)cc1. The molecule has 29 heavy (non-hydrogen) atoms. The number of thiophene rings is 1. The fraction of sp³-hybridized carbons (Fsp3) is 0.292. The quantitative estimate of drug-likeness (QED) is 0.578. The number of amides is 1. The van der Waals surface area contributed by atoms with Crippen LogP contribution in [0.25, 0.3) is 0 Å². The molecular formula is C24H27N3OS. The van der Waals surface area contributed by atoms with Crippen molar-refractivity contribution < 1.29 is 4.79 Å². The van der Waals surface area contributed by atoms with Gasteiger partial charge in [-0.25, -0.2) is 0 Å². The van der Waals surface area contributed by atoms with Gasteiger partial charge in [-0.2, -0.15) is 0 Å². The van der Waals surface area contributed by atoms with E-state index in [2.05, 4.69) is 51.2 Å². The summed E-state index contributed by atoms with van der Waals surface area (Å²) in [4.78, 5) is 16.1. The van der Waals surface area contributed by atoms with Crippen molar-refractivity contribution in [2.75, 3.05) is 29.9 Å². The number of hydrogen-bond acceptors (Lipinski definition) is 4. The Morgan fingerprint density at radius 2 is 1.69 bits per heavy atom. The lowest BCUT2D eigenvalue weighted by molar-refractivity contribution is -0.115. The van der Waals surface area contributed by atoms with Crippen molar-refractivity contribution in [3.63, 3.8) is 0 Å². The van der Waals surface area contributed by atoms with Crippen molar-refractivity contribution in [1.82, 2.24) is 5.32 Å². The highest BCUT2D eigenvalue weighted by Crippen LogP contribution is 2.26. The molecule has 1 aromatic heterocycles. The third-order valence-corrected chi connectivity index (χ3v) is 6.24. The normalized spacial score (nSPS) is 15.1. The average molecular weight is 406 g/mol. The van der Waals surface area contributed by atoms with Crippen LogP contribution >= 0.6 is 11.3 Å². The Kier molecular flexibility index (Phi) is 6.60. The number of piperidine rings is 1. The van der Waals surface area contributed by atoms with Gasteiger partial charge >= 0.3 is 0 Å². The third-order valence-electron chi connectivity index (χ3n) is 5.30. The molecule has 1 amide bonds. The fourth-order valence-electron chi connectivity index (χ4n) is 3.79. The van der Waals surface area contributed by atoms with Gasteiger partial charge in [0.15, 0.2) is 0 Å². The molecule has 4 nitrogen and oxygen atoms in total. The minimum atomic E-state index is -0.0341. The summed E-state index contributed by atoms with van der Waals surface area (Å²) >= 11 is 1.70. The summed E-state index contributed by atoms with van der Waals surface area (Å²) in [6.07, 6.45) is 3.85. The van der Waals surface area contributed by atoms with Gasteiger partial charge in [-0.1, -0.05) is 36.4 Å².